The zero-order valence-electron chi connectivity index (χ0n) is 6.99. The van der Waals surface area contributed by atoms with Gasteiger partial charge in [-0.25, -0.2) is 0 Å². The SMILES string of the molecule is Cn1nc(I)c2ccc(C=O)cc21. The molecule has 0 aliphatic rings. The highest BCUT2D eigenvalue weighted by atomic mass is 127. The van der Waals surface area contributed by atoms with Gasteiger partial charge in [0.1, 0.15) is 9.99 Å². The number of benzene rings is 1. The number of aryl methyl sites for hydroxylation is 1. The second-order valence-electron chi connectivity index (χ2n) is 2.81. The fraction of sp³-hybridized carbons (Fsp3) is 0.111. The smallest absolute Gasteiger partial charge is 0.150 e. The molecule has 4 heteroatoms. The average molecular weight is 286 g/mol. The quantitative estimate of drug-likeness (QED) is 0.593. The van der Waals surface area contributed by atoms with Gasteiger partial charge in [0, 0.05) is 18.0 Å². The van der Waals surface area contributed by atoms with Gasteiger partial charge in [0.25, 0.3) is 0 Å². The molecule has 0 aliphatic carbocycles. The maximum atomic E-state index is 10.5. The molecular formula is C9H7IN2O. The molecule has 0 N–H and O–H groups in total. The highest BCUT2D eigenvalue weighted by Crippen LogP contribution is 2.19. The molecule has 13 heavy (non-hydrogen) atoms. The Kier molecular flexibility index (Phi) is 2.07. The van der Waals surface area contributed by atoms with Crippen LogP contribution < -0.4 is 0 Å². The predicted octanol–water partition coefficient (Wildman–Crippen LogP) is 1.99. The van der Waals surface area contributed by atoms with E-state index in [0.29, 0.717) is 5.56 Å². The largest absolute Gasteiger partial charge is 0.298 e. The van der Waals surface area contributed by atoms with Crippen LogP contribution >= 0.6 is 22.6 Å². The molecule has 0 atom stereocenters. The van der Waals surface area contributed by atoms with Gasteiger partial charge >= 0.3 is 0 Å². The number of rotatable bonds is 1. The van der Waals surface area contributed by atoms with Crippen molar-refractivity contribution in [3.05, 3.63) is 27.5 Å². The van der Waals surface area contributed by atoms with Crippen LogP contribution in [0.3, 0.4) is 0 Å². The van der Waals surface area contributed by atoms with Gasteiger partial charge in [-0.05, 0) is 34.7 Å². The van der Waals surface area contributed by atoms with Crippen molar-refractivity contribution < 1.29 is 4.79 Å². The molecular weight excluding hydrogens is 279 g/mol. The molecule has 0 fully saturated rings. The van der Waals surface area contributed by atoms with Gasteiger partial charge in [0.15, 0.2) is 0 Å². The summed E-state index contributed by atoms with van der Waals surface area (Å²) in [6.07, 6.45) is 0.847. The second-order valence-corrected chi connectivity index (χ2v) is 3.83. The lowest BCUT2D eigenvalue weighted by molar-refractivity contribution is 0.112. The summed E-state index contributed by atoms with van der Waals surface area (Å²) in [4.78, 5) is 10.5. The molecule has 0 amide bonds. The molecule has 0 bridgehead atoms. The van der Waals surface area contributed by atoms with Crippen LogP contribution in [0.4, 0.5) is 0 Å². The Morgan fingerprint density at radius 3 is 3.00 bits per heavy atom. The Morgan fingerprint density at radius 1 is 1.54 bits per heavy atom. The number of fused-ring (bicyclic) bond motifs is 1. The fourth-order valence-corrected chi connectivity index (χ4v) is 2.08. The van der Waals surface area contributed by atoms with Crippen LogP contribution in [0.1, 0.15) is 10.4 Å². The zero-order chi connectivity index (χ0) is 9.42. The van der Waals surface area contributed by atoms with Crippen molar-refractivity contribution in [1.29, 1.82) is 0 Å². The lowest BCUT2D eigenvalue weighted by Gasteiger charge is -1.93. The third kappa shape index (κ3) is 1.35. The van der Waals surface area contributed by atoms with Gasteiger partial charge in [-0.15, -0.1) is 0 Å². The zero-order valence-corrected chi connectivity index (χ0v) is 9.15. The number of halogens is 1. The second kappa shape index (κ2) is 3.10. The number of hydrogen-bond donors (Lipinski definition) is 0. The molecule has 0 saturated carbocycles. The maximum Gasteiger partial charge on any atom is 0.150 e. The number of hydrogen-bond acceptors (Lipinski definition) is 2. The molecule has 3 nitrogen and oxygen atoms in total. The highest BCUT2D eigenvalue weighted by Gasteiger charge is 2.05. The minimum Gasteiger partial charge on any atom is -0.298 e. The van der Waals surface area contributed by atoms with Gasteiger partial charge < -0.3 is 0 Å². The highest BCUT2D eigenvalue weighted by molar-refractivity contribution is 14.1. The molecule has 1 aromatic carbocycles. The Bertz CT molecular complexity index is 476. The van der Waals surface area contributed by atoms with E-state index < -0.39 is 0 Å². The standard InChI is InChI=1S/C9H7IN2O/c1-12-8-4-6(5-13)2-3-7(8)9(10)11-12/h2-5H,1H3. The van der Waals surface area contributed by atoms with Crippen molar-refractivity contribution in [2.45, 2.75) is 0 Å². The summed E-state index contributed by atoms with van der Waals surface area (Å²) < 4.78 is 2.75. The van der Waals surface area contributed by atoms with Crippen LogP contribution in [0.25, 0.3) is 10.9 Å². The number of carbonyl (C=O) groups is 1. The molecule has 0 saturated heterocycles. The minimum absolute atomic E-state index is 0.687. The fourth-order valence-electron chi connectivity index (χ4n) is 1.30. The van der Waals surface area contributed by atoms with Crippen molar-refractivity contribution in [2.75, 3.05) is 0 Å². The van der Waals surface area contributed by atoms with Gasteiger partial charge in [-0.3, -0.25) is 9.48 Å². The van der Waals surface area contributed by atoms with Crippen molar-refractivity contribution in [3.8, 4) is 0 Å². The lowest BCUT2D eigenvalue weighted by Crippen LogP contribution is -1.90. The molecule has 2 aromatic rings. The van der Waals surface area contributed by atoms with Crippen LogP contribution in [0.5, 0.6) is 0 Å². The number of nitrogens with zero attached hydrogens (tertiary/aromatic N) is 2. The first kappa shape index (κ1) is 8.68. The summed E-state index contributed by atoms with van der Waals surface area (Å²) in [6.45, 7) is 0. The number of carbonyl (C=O) groups excluding carboxylic acids is 1. The van der Waals surface area contributed by atoms with Crippen LogP contribution in [0.2, 0.25) is 0 Å². The van der Waals surface area contributed by atoms with Crippen molar-refractivity contribution >= 4 is 39.8 Å². The van der Waals surface area contributed by atoms with E-state index in [1.807, 2.05) is 19.2 Å². The monoisotopic (exact) mass is 286 g/mol. The molecule has 0 spiro atoms. The first-order valence-electron chi connectivity index (χ1n) is 3.80. The minimum atomic E-state index is 0.687. The van der Waals surface area contributed by atoms with Crippen molar-refractivity contribution in [1.82, 2.24) is 9.78 Å². The van der Waals surface area contributed by atoms with Crippen LogP contribution in [0, 0.1) is 3.70 Å². The Labute approximate surface area is 88.9 Å². The number of aromatic nitrogens is 2. The van der Waals surface area contributed by atoms with Crippen LogP contribution in [0.15, 0.2) is 18.2 Å². The average Bonchev–Trinajstić information content (AvgIpc) is 2.42. The molecule has 0 aliphatic heterocycles. The Morgan fingerprint density at radius 2 is 2.31 bits per heavy atom. The van der Waals surface area contributed by atoms with E-state index in [1.54, 1.807) is 10.7 Å². The Balaban J connectivity index is 2.83. The van der Waals surface area contributed by atoms with Crippen molar-refractivity contribution in [3.63, 3.8) is 0 Å². The van der Waals surface area contributed by atoms with Gasteiger partial charge in [-0.1, -0.05) is 6.07 Å². The summed E-state index contributed by atoms with van der Waals surface area (Å²) in [6, 6.07) is 5.57. The molecule has 2 rings (SSSR count). The van der Waals surface area contributed by atoms with E-state index in [2.05, 4.69) is 27.7 Å². The van der Waals surface area contributed by atoms with Gasteiger partial charge in [-0.2, -0.15) is 5.10 Å². The van der Waals surface area contributed by atoms with E-state index in [-0.39, 0.29) is 0 Å². The van der Waals surface area contributed by atoms with Gasteiger partial charge in [0.05, 0.1) is 5.52 Å². The molecule has 0 radical (unpaired) electrons. The first-order valence-corrected chi connectivity index (χ1v) is 4.87. The third-order valence-electron chi connectivity index (χ3n) is 1.97. The topological polar surface area (TPSA) is 34.9 Å². The number of aldehydes is 1. The molecule has 1 aromatic heterocycles. The van der Waals surface area contributed by atoms with E-state index in [1.165, 1.54) is 0 Å². The first-order chi connectivity index (χ1) is 6.22. The molecule has 66 valence electrons. The van der Waals surface area contributed by atoms with E-state index in [4.69, 9.17) is 0 Å². The summed E-state index contributed by atoms with van der Waals surface area (Å²) in [5.41, 5.74) is 1.68. The maximum absolute atomic E-state index is 10.5. The van der Waals surface area contributed by atoms with E-state index in [0.717, 1.165) is 20.9 Å². The molecule has 1 heterocycles. The van der Waals surface area contributed by atoms with Crippen LogP contribution in [-0.2, 0) is 7.05 Å². The van der Waals surface area contributed by atoms with Gasteiger partial charge in [0.2, 0.25) is 0 Å². The third-order valence-corrected chi connectivity index (χ3v) is 2.76. The Hall–Kier alpha value is -0.910. The van der Waals surface area contributed by atoms with Crippen molar-refractivity contribution in [2.24, 2.45) is 7.05 Å². The summed E-state index contributed by atoms with van der Waals surface area (Å²) in [5, 5.41) is 5.34. The van der Waals surface area contributed by atoms with Crippen LogP contribution in [-0.4, -0.2) is 16.1 Å². The predicted molar refractivity (Wildman–Crippen MR) is 58.8 cm³/mol. The van der Waals surface area contributed by atoms with E-state index in [9.17, 15) is 4.79 Å². The summed E-state index contributed by atoms with van der Waals surface area (Å²) in [7, 11) is 1.87. The van der Waals surface area contributed by atoms with E-state index >= 15 is 0 Å². The normalized spacial score (nSPS) is 10.6. The summed E-state index contributed by atoms with van der Waals surface area (Å²) in [5.74, 6) is 0. The summed E-state index contributed by atoms with van der Waals surface area (Å²) >= 11 is 2.18. The molecule has 0 unspecified atom stereocenters. The lowest BCUT2D eigenvalue weighted by atomic mass is 10.2.